The highest BCUT2D eigenvalue weighted by molar-refractivity contribution is 5.88. The van der Waals surface area contributed by atoms with E-state index in [1.165, 1.54) is 0 Å². The van der Waals surface area contributed by atoms with Gasteiger partial charge < -0.3 is 9.84 Å². The highest BCUT2D eigenvalue weighted by Gasteiger charge is 2.42. The Labute approximate surface area is 240 Å². The lowest BCUT2D eigenvalue weighted by molar-refractivity contribution is 0.0403. The predicted molar refractivity (Wildman–Crippen MR) is 158 cm³/mol. The molecule has 4 atom stereocenters. The third-order valence-electron chi connectivity index (χ3n) is 9.03. The molecular weight excluding hydrogens is 518 g/mol. The molecule has 0 amide bonds. The fourth-order valence-electron chi connectivity index (χ4n) is 6.85. The highest BCUT2D eigenvalue weighted by atomic mass is 19.2. The second-order valence-electron chi connectivity index (χ2n) is 11.7. The maximum atomic E-state index is 15.9. The molecule has 1 saturated heterocycles. The fraction of sp³-hybridized carbons (Fsp3) is 0.371. The number of rotatable bonds is 7. The zero-order chi connectivity index (χ0) is 27.9. The standard InChI is InChI=1S/C35H36F2N2O2/c36-33-28-10-3-4-11-29(28)35(30-13-6-12-27(24-15-16-24)32(30)34(33)37)39-19-17-38(18-20-39)21-25(40)22-41-31-14-5-8-23-7-1-2-9-26(23)31/h1-14,24-25,33-35,40H,15-22H2. The molecule has 4 unspecified atom stereocenters. The molecule has 1 N–H and O–H groups in total. The second-order valence-corrected chi connectivity index (χ2v) is 11.7. The van der Waals surface area contributed by atoms with E-state index in [9.17, 15) is 5.11 Å². The first-order valence-electron chi connectivity index (χ1n) is 14.8. The van der Waals surface area contributed by atoms with Gasteiger partial charge in [-0.05, 0) is 58.0 Å². The SMILES string of the molecule is OC(COc1cccc2ccccc12)CN1CCN(C2c3ccccc3C(F)C(F)c3c(C4CC4)cccc32)CC1. The van der Waals surface area contributed by atoms with Gasteiger partial charge in [-0.2, -0.15) is 0 Å². The molecule has 212 valence electrons. The Hall–Kier alpha value is -3.32. The van der Waals surface area contributed by atoms with Gasteiger partial charge in [-0.15, -0.1) is 0 Å². The number of fused-ring (bicyclic) bond motifs is 3. The molecular formula is C35H36F2N2O2. The summed E-state index contributed by atoms with van der Waals surface area (Å²) >= 11 is 0. The van der Waals surface area contributed by atoms with Crippen molar-refractivity contribution in [2.45, 2.75) is 43.2 Å². The van der Waals surface area contributed by atoms with Crippen molar-refractivity contribution in [2.75, 3.05) is 39.3 Å². The lowest BCUT2D eigenvalue weighted by atomic mass is 9.89. The van der Waals surface area contributed by atoms with Crippen molar-refractivity contribution in [1.82, 2.24) is 9.80 Å². The van der Waals surface area contributed by atoms with Crippen LogP contribution in [0.1, 0.15) is 65.0 Å². The monoisotopic (exact) mass is 554 g/mol. The van der Waals surface area contributed by atoms with Gasteiger partial charge in [0.1, 0.15) is 18.5 Å². The number of hydrogen-bond acceptors (Lipinski definition) is 4. The van der Waals surface area contributed by atoms with Crippen molar-refractivity contribution < 1.29 is 18.6 Å². The molecule has 2 aliphatic carbocycles. The van der Waals surface area contributed by atoms with E-state index in [0.29, 0.717) is 23.6 Å². The van der Waals surface area contributed by atoms with Crippen LogP contribution in [0.4, 0.5) is 8.78 Å². The summed E-state index contributed by atoms with van der Waals surface area (Å²) in [4.78, 5) is 4.63. The normalized spacial score (nSPS) is 23.9. The Morgan fingerprint density at radius 2 is 1.39 bits per heavy atom. The van der Waals surface area contributed by atoms with Crippen LogP contribution >= 0.6 is 0 Å². The molecule has 4 aromatic carbocycles. The van der Waals surface area contributed by atoms with Crippen LogP contribution in [0.25, 0.3) is 10.8 Å². The van der Waals surface area contributed by atoms with Crippen LogP contribution in [0.3, 0.4) is 0 Å². The quantitative estimate of drug-likeness (QED) is 0.270. The topological polar surface area (TPSA) is 35.9 Å². The number of aliphatic hydroxyl groups is 1. The molecule has 3 aliphatic rings. The number of piperazine rings is 1. The molecule has 2 fully saturated rings. The molecule has 0 spiro atoms. The molecule has 41 heavy (non-hydrogen) atoms. The predicted octanol–water partition coefficient (Wildman–Crippen LogP) is 6.90. The maximum absolute atomic E-state index is 15.9. The average molecular weight is 555 g/mol. The van der Waals surface area contributed by atoms with Gasteiger partial charge in [-0.1, -0.05) is 78.9 Å². The van der Waals surface area contributed by atoms with Gasteiger partial charge in [0, 0.05) is 38.1 Å². The summed E-state index contributed by atoms with van der Waals surface area (Å²) in [7, 11) is 0. The van der Waals surface area contributed by atoms with E-state index in [1.807, 2.05) is 66.7 Å². The van der Waals surface area contributed by atoms with E-state index in [2.05, 4.69) is 21.9 Å². The molecule has 0 radical (unpaired) electrons. The highest BCUT2D eigenvalue weighted by Crippen LogP contribution is 2.53. The first-order chi connectivity index (χ1) is 20.1. The van der Waals surface area contributed by atoms with Crippen LogP contribution < -0.4 is 4.74 Å². The first kappa shape index (κ1) is 26.6. The van der Waals surface area contributed by atoms with Crippen molar-refractivity contribution in [3.8, 4) is 5.75 Å². The second kappa shape index (κ2) is 11.2. The zero-order valence-electron chi connectivity index (χ0n) is 23.1. The molecule has 7 rings (SSSR count). The lowest BCUT2D eigenvalue weighted by Gasteiger charge is -2.40. The molecule has 1 saturated carbocycles. The Bertz CT molecular complexity index is 1530. The van der Waals surface area contributed by atoms with Gasteiger partial charge in [0.25, 0.3) is 0 Å². The molecule has 1 aliphatic heterocycles. The number of halogens is 2. The zero-order valence-corrected chi connectivity index (χ0v) is 23.1. The molecule has 1 heterocycles. The lowest BCUT2D eigenvalue weighted by Crippen LogP contribution is -2.50. The Balaban J connectivity index is 1.06. The summed E-state index contributed by atoms with van der Waals surface area (Å²) in [5.41, 5.74) is 3.81. The smallest absolute Gasteiger partial charge is 0.161 e. The van der Waals surface area contributed by atoms with Crippen LogP contribution in [-0.4, -0.2) is 60.3 Å². The summed E-state index contributed by atoms with van der Waals surface area (Å²) in [5, 5.41) is 13.0. The van der Waals surface area contributed by atoms with E-state index >= 15 is 8.78 Å². The number of aliphatic hydroxyl groups excluding tert-OH is 1. The van der Waals surface area contributed by atoms with E-state index in [0.717, 1.165) is 72.2 Å². The largest absolute Gasteiger partial charge is 0.490 e. The van der Waals surface area contributed by atoms with E-state index < -0.39 is 18.4 Å². The minimum Gasteiger partial charge on any atom is -0.490 e. The van der Waals surface area contributed by atoms with Crippen molar-refractivity contribution in [2.24, 2.45) is 0 Å². The first-order valence-corrected chi connectivity index (χ1v) is 14.8. The third-order valence-corrected chi connectivity index (χ3v) is 9.03. The number of alkyl halides is 2. The number of nitrogens with zero attached hydrogens (tertiary/aromatic N) is 2. The molecule has 0 aromatic heterocycles. The van der Waals surface area contributed by atoms with Crippen molar-refractivity contribution in [1.29, 1.82) is 0 Å². The van der Waals surface area contributed by atoms with Gasteiger partial charge in [-0.25, -0.2) is 8.78 Å². The van der Waals surface area contributed by atoms with Crippen molar-refractivity contribution in [3.63, 3.8) is 0 Å². The molecule has 0 bridgehead atoms. The van der Waals surface area contributed by atoms with Crippen LogP contribution in [0.5, 0.6) is 5.75 Å². The Morgan fingerprint density at radius 1 is 0.732 bits per heavy atom. The van der Waals surface area contributed by atoms with E-state index in [4.69, 9.17) is 4.74 Å². The number of ether oxygens (including phenoxy) is 1. The van der Waals surface area contributed by atoms with E-state index in [1.54, 1.807) is 6.07 Å². The number of β-amino-alcohol motifs (C(OH)–C–C–N with tert-alkyl or cyclic N) is 1. The number of benzene rings is 4. The molecule has 4 nitrogen and oxygen atoms in total. The summed E-state index contributed by atoms with van der Waals surface area (Å²) in [5.74, 6) is 1.12. The van der Waals surface area contributed by atoms with Crippen LogP contribution in [0, 0.1) is 0 Å². The summed E-state index contributed by atoms with van der Waals surface area (Å²) in [6, 6.07) is 27.4. The fourth-order valence-corrected chi connectivity index (χ4v) is 6.85. The van der Waals surface area contributed by atoms with Gasteiger partial charge in [-0.3, -0.25) is 9.80 Å². The Morgan fingerprint density at radius 3 is 2.20 bits per heavy atom. The number of hydrogen-bond donors (Lipinski definition) is 1. The summed E-state index contributed by atoms with van der Waals surface area (Å²) in [6.45, 7) is 3.76. The van der Waals surface area contributed by atoms with Gasteiger partial charge >= 0.3 is 0 Å². The van der Waals surface area contributed by atoms with E-state index in [-0.39, 0.29) is 12.6 Å². The van der Waals surface area contributed by atoms with Crippen LogP contribution in [-0.2, 0) is 0 Å². The minimum atomic E-state index is -1.67. The van der Waals surface area contributed by atoms with Gasteiger partial charge in [0.05, 0.1) is 6.04 Å². The third kappa shape index (κ3) is 5.14. The Kier molecular flexibility index (Phi) is 7.23. The van der Waals surface area contributed by atoms with Gasteiger partial charge in [0.15, 0.2) is 12.3 Å². The maximum Gasteiger partial charge on any atom is 0.161 e. The van der Waals surface area contributed by atoms with Gasteiger partial charge in [0.2, 0.25) is 0 Å². The van der Waals surface area contributed by atoms with Crippen LogP contribution in [0.15, 0.2) is 84.9 Å². The van der Waals surface area contributed by atoms with Crippen molar-refractivity contribution >= 4 is 10.8 Å². The summed E-state index contributed by atoms with van der Waals surface area (Å²) in [6.07, 6.45) is -1.87. The molecule has 4 aromatic rings. The average Bonchev–Trinajstić information content (AvgIpc) is 3.86. The van der Waals surface area contributed by atoms with Crippen molar-refractivity contribution in [3.05, 3.63) is 113 Å². The summed E-state index contributed by atoms with van der Waals surface area (Å²) < 4.78 is 37.7. The minimum absolute atomic E-state index is 0.194. The van der Waals surface area contributed by atoms with Crippen LogP contribution in [0.2, 0.25) is 0 Å². The molecule has 6 heteroatoms.